The Balaban J connectivity index is 2.68. The first-order valence-corrected chi connectivity index (χ1v) is 4.95. The van der Waals surface area contributed by atoms with E-state index in [9.17, 15) is 4.79 Å². The van der Waals surface area contributed by atoms with Crippen LogP contribution in [0.5, 0.6) is 0 Å². The van der Waals surface area contributed by atoms with Crippen LogP contribution < -0.4 is 0 Å². The van der Waals surface area contributed by atoms with Gasteiger partial charge in [0.1, 0.15) is 0 Å². The number of hydrogen-bond acceptors (Lipinski definition) is 3. The first-order valence-electron chi connectivity index (χ1n) is 4.32. The molecule has 0 radical (unpaired) electrons. The second-order valence-electron chi connectivity index (χ2n) is 2.71. The summed E-state index contributed by atoms with van der Waals surface area (Å²) >= 11 is 4.10. The smallest absolute Gasteiger partial charge is 0.211 e. The molecule has 0 aliphatic carbocycles. The Kier molecular flexibility index (Phi) is 4.76. The second kappa shape index (κ2) is 6.19. The predicted molar refractivity (Wildman–Crippen MR) is 61.7 cm³/mol. The van der Waals surface area contributed by atoms with E-state index in [1.807, 2.05) is 18.2 Å². The number of isocyanates is 1. The van der Waals surface area contributed by atoms with E-state index in [-0.39, 0.29) is 0 Å². The summed E-state index contributed by atoms with van der Waals surface area (Å²) < 4.78 is 0. The molecule has 1 rings (SSSR count). The van der Waals surface area contributed by atoms with E-state index >= 15 is 0 Å². The predicted octanol–water partition coefficient (Wildman–Crippen LogP) is 2.99. The normalized spacial score (nSPS) is 10.1. The minimum atomic E-state index is 0.631. The van der Waals surface area contributed by atoms with Crippen LogP contribution in [0.2, 0.25) is 0 Å². The Morgan fingerprint density at radius 3 is 2.64 bits per heavy atom. The molecule has 14 heavy (non-hydrogen) atoms. The van der Waals surface area contributed by atoms with E-state index in [1.165, 1.54) is 6.08 Å². The standard InChI is InChI=1S/C11H11NOS/c13-9-12-11-6-4-10(5-7-11)3-1-2-8-14/h1,3-7,14H,2,8H2. The number of hydrogen-bond donors (Lipinski definition) is 1. The molecule has 0 bridgehead atoms. The van der Waals surface area contributed by atoms with E-state index in [0.717, 1.165) is 17.7 Å². The van der Waals surface area contributed by atoms with Crippen LogP contribution in [-0.2, 0) is 4.79 Å². The highest BCUT2D eigenvalue weighted by atomic mass is 32.1. The van der Waals surface area contributed by atoms with Gasteiger partial charge in [0.2, 0.25) is 6.08 Å². The van der Waals surface area contributed by atoms with Gasteiger partial charge in [-0.3, -0.25) is 0 Å². The van der Waals surface area contributed by atoms with Crippen LogP contribution in [0.25, 0.3) is 6.08 Å². The lowest BCUT2D eigenvalue weighted by atomic mass is 10.2. The molecule has 0 aromatic heterocycles. The number of carbonyl (C=O) groups excluding carboxylic acids is 1. The lowest BCUT2D eigenvalue weighted by molar-refractivity contribution is 0.565. The van der Waals surface area contributed by atoms with Crippen LogP contribution in [0.4, 0.5) is 5.69 Å². The van der Waals surface area contributed by atoms with Crippen molar-refractivity contribution in [1.82, 2.24) is 0 Å². The molecule has 3 heteroatoms. The zero-order chi connectivity index (χ0) is 10.2. The molecule has 0 N–H and O–H groups in total. The third-order valence-corrected chi connectivity index (χ3v) is 1.93. The molecule has 0 saturated carbocycles. The summed E-state index contributed by atoms with van der Waals surface area (Å²) in [5, 5.41) is 0. The third-order valence-electron chi connectivity index (χ3n) is 1.67. The lowest BCUT2D eigenvalue weighted by Crippen LogP contribution is -1.71. The van der Waals surface area contributed by atoms with E-state index in [2.05, 4.69) is 23.7 Å². The number of benzene rings is 1. The van der Waals surface area contributed by atoms with Crippen molar-refractivity contribution in [2.45, 2.75) is 6.42 Å². The average Bonchev–Trinajstić information content (AvgIpc) is 2.21. The molecule has 1 aromatic rings. The van der Waals surface area contributed by atoms with Gasteiger partial charge in [0, 0.05) is 0 Å². The van der Waals surface area contributed by atoms with Gasteiger partial charge in [-0.15, -0.1) is 0 Å². The Bertz CT molecular complexity index is 350. The number of rotatable bonds is 4. The number of allylic oxidation sites excluding steroid dienone is 1. The fourth-order valence-electron chi connectivity index (χ4n) is 1.01. The van der Waals surface area contributed by atoms with E-state index in [0.29, 0.717) is 5.69 Å². The Morgan fingerprint density at radius 1 is 1.36 bits per heavy atom. The monoisotopic (exact) mass is 205 g/mol. The van der Waals surface area contributed by atoms with Crippen LogP contribution >= 0.6 is 12.6 Å². The molecule has 0 spiro atoms. The van der Waals surface area contributed by atoms with Gasteiger partial charge in [-0.05, 0) is 29.9 Å². The topological polar surface area (TPSA) is 29.4 Å². The van der Waals surface area contributed by atoms with Crippen molar-refractivity contribution in [3.05, 3.63) is 35.9 Å². The van der Waals surface area contributed by atoms with Crippen molar-refractivity contribution < 1.29 is 4.79 Å². The van der Waals surface area contributed by atoms with E-state index in [1.54, 1.807) is 12.1 Å². The molecule has 0 atom stereocenters. The van der Waals surface area contributed by atoms with Gasteiger partial charge in [-0.1, -0.05) is 24.3 Å². The molecule has 1 aromatic carbocycles. The number of aliphatic imine (C=N–C) groups is 1. The van der Waals surface area contributed by atoms with E-state index < -0.39 is 0 Å². The minimum absolute atomic E-state index is 0.631. The lowest BCUT2D eigenvalue weighted by Gasteiger charge is -1.93. The summed E-state index contributed by atoms with van der Waals surface area (Å²) in [5.74, 6) is 0.851. The molecule has 0 aliphatic heterocycles. The Hall–Kier alpha value is -1.31. The molecule has 0 saturated heterocycles. The zero-order valence-corrected chi connectivity index (χ0v) is 8.58. The van der Waals surface area contributed by atoms with Gasteiger partial charge in [-0.2, -0.15) is 17.6 Å². The van der Waals surface area contributed by atoms with Gasteiger partial charge in [0.25, 0.3) is 0 Å². The van der Waals surface area contributed by atoms with Crippen molar-refractivity contribution in [3.8, 4) is 0 Å². The average molecular weight is 205 g/mol. The number of thiol groups is 1. The van der Waals surface area contributed by atoms with Crippen LogP contribution in [0.15, 0.2) is 35.3 Å². The summed E-state index contributed by atoms with van der Waals surface area (Å²) in [5.41, 5.74) is 1.72. The highest BCUT2D eigenvalue weighted by Crippen LogP contribution is 2.13. The van der Waals surface area contributed by atoms with Crippen molar-refractivity contribution >= 4 is 30.5 Å². The summed E-state index contributed by atoms with van der Waals surface area (Å²) in [7, 11) is 0. The summed E-state index contributed by atoms with van der Waals surface area (Å²) in [6, 6.07) is 7.38. The maximum Gasteiger partial charge on any atom is 0.240 e. The zero-order valence-electron chi connectivity index (χ0n) is 7.68. The van der Waals surface area contributed by atoms with Gasteiger partial charge in [0.05, 0.1) is 5.69 Å². The van der Waals surface area contributed by atoms with Gasteiger partial charge in [0.15, 0.2) is 0 Å². The molecule has 0 aliphatic rings. The number of nitrogens with zero attached hydrogens (tertiary/aromatic N) is 1. The van der Waals surface area contributed by atoms with Crippen LogP contribution in [-0.4, -0.2) is 11.8 Å². The largest absolute Gasteiger partial charge is 0.240 e. The highest BCUT2D eigenvalue weighted by molar-refractivity contribution is 7.80. The summed E-state index contributed by atoms with van der Waals surface area (Å²) in [4.78, 5) is 13.5. The molecular weight excluding hydrogens is 194 g/mol. The summed E-state index contributed by atoms with van der Waals surface area (Å²) in [6.45, 7) is 0. The molecule has 0 fully saturated rings. The molecular formula is C11H11NOS. The molecule has 0 amide bonds. The van der Waals surface area contributed by atoms with Gasteiger partial charge < -0.3 is 0 Å². The third kappa shape index (κ3) is 3.60. The minimum Gasteiger partial charge on any atom is -0.211 e. The van der Waals surface area contributed by atoms with Crippen molar-refractivity contribution in [1.29, 1.82) is 0 Å². The first-order chi connectivity index (χ1) is 6.86. The molecule has 2 nitrogen and oxygen atoms in total. The van der Waals surface area contributed by atoms with Crippen LogP contribution in [0, 0.1) is 0 Å². The SMILES string of the molecule is O=C=Nc1ccc(C=CCCS)cc1. The van der Waals surface area contributed by atoms with Crippen LogP contribution in [0.3, 0.4) is 0 Å². The fourth-order valence-corrected chi connectivity index (χ4v) is 1.16. The summed E-state index contributed by atoms with van der Waals surface area (Å²) in [6.07, 6.45) is 6.54. The molecule has 0 unspecified atom stereocenters. The van der Waals surface area contributed by atoms with Crippen molar-refractivity contribution in [2.24, 2.45) is 4.99 Å². The Labute approximate surface area is 88.8 Å². The maximum atomic E-state index is 9.96. The van der Waals surface area contributed by atoms with Crippen molar-refractivity contribution in [3.63, 3.8) is 0 Å². The first kappa shape index (κ1) is 10.8. The van der Waals surface area contributed by atoms with Gasteiger partial charge in [-0.25, -0.2) is 4.79 Å². The van der Waals surface area contributed by atoms with Gasteiger partial charge >= 0.3 is 0 Å². The van der Waals surface area contributed by atoms with Crippen LogP contribution in [0.1, 0.15) is 12.0 Å². The fraction of sp³-hybridized carbons (Fsp3) is 0.182. The molecule has 0 heterocycles. The quantitative estimate of drug-likeness (QED) is 0.457. The Morgan fingerprint density at radius 2 is 2.07 bits per heavy atom. The highest BCUT2D eigenvalue weighted by Gasteiger charge is 1.88. The second-order valence-corrected chi connectivity index (χ2v) is 3.16. The molecule has 72 valence electrons. The van der Waals surface area contributed by atoms with Crippen molar-refractivity contribution in [2.75, 3.05) is 5.75 Å². The maximum absolute atomic E-state index is 9.96. The van der Waals surface area contributed by atoms with E-state index in [4.69, 9.17) is 0 Å².